The molecule has 20 heavy (non-hydrogen) atoms. The second kappa shape index (κ2) is 6.20. The molecule has 1 N–H and O–H groups in total. The summed E-state index contributed by atoms with van der Waals surface area (Å²) in [6, 6.07) is 5.49. The van der Waals surface area contributed by atoms with Crippen LogP contribution in [0.15, 0.2) is 24.3 Å². The molecule has 1 heterocycles. The predicted molar refractivity (Wildman–Crippen MR) is 75.0 cm³/mol. The van der Waals surface area contributed by atoms with Crippen molar-refractivity contribution in [2.75, 3.05) is 13.2 Å². The minimum atomic E-state index is -3.62. The highest BCUT2D eigenvalue weighted by molar-refractivity contribution is 7.88. The Morgan fingerprint density at radius 2 is 2.10 bits per heavy atom. The van der Waals surface area contributed by atoms with E-state index in [1.165, 1.54) is 22.5 Å². The zero-order valence-electron chi connectivity index (χ0n) is 11.5. The molecule has 4 nitrogen and oxygen atoms in total. The van der Waals surface area contributed by atoms with Crippen LogP contribution in [0.3, 0.4) is 0 Å². The van der Waals surface area contributed by atoms with Crippen molar-refractivity contribution in [2.24, 2.45) is 5.92 Å². The second-order valence-corrected chi connectivity index (χ2v) is 7.25. The first kappa shape index (κ1) is 15.4. The molecular weight excluding hydrogens is 281 g/mol. The molecule has 1 aromatic rings. The van der Waals surface area contributed by atoms with Gasteiger partial charge < -0.3 is 5.11 Å². The lowest BCUT2D eigenvalue weighted by Crippen LogP contribution is -2.49. The summed E-state index contributed by atoms with van der Waals surface area (Å²) in [6.45, 7) is 2.13. The summed E-state index contributed by atoms with van der Waals surface area (Å²) in [5.41, 5.74) is 0.169. The maximum Gasteiger partial charge on any atom is 0.218 e. The van der Waals surface area contributed by atoms with E-state index < -0.39 is 21.9 Å². The molecule has 2 unspecified atom stereocenters. The van der Waals surface area contributed by atoms with E-state index in [-0.39, 0.29) is 23.8 Å². The van der Waals surface area contributed by atoms with Crippen LogP contribution in [-0.4, -0.2) is 37.0 Å². The van der Waals surface area contributed by atoms with E-state index in [1.807, 2.05) is 6.92 Å². The monoisotopic (exact) mass is 301 g/mol. The van der Waals surface area contributed by atoms with E-state index in [9.17, 15) is 17.9 Å². The van der Waals surface area contributed by atoms with Crippen molar-refractivity contribution in [2.45, 2.75) is 31.6 Å². The van der Waals surface area contributed by atoms with Crippen LogP contribution in [0.25, 0.3) is 0 Å². The normalized spacial score (nSPS) is 24.8. The van der Waals surface area contributed by atoms with Gasteiger partial charge in [-0.25, -0.2) is 12.8 Å². The molecule has 6 heteroatoms. The molecule has 2 rings (SSSR count). The number of rotatable bonds is 4. The average molecular weight is 301 g/mol. The van der Waals surface area contributed by atoms with Crippen molar-refractivity contribution in [3.63, 3.8) is 0 Å². The van der Waals surface area contributed by atoms with Crippen LogP contribution in [0, 0.1) is 11.7 Å². The molecule has 1 aliphatic heterocycles. The van der Waals surface area contributed by atoms with Gasteiger partial charge in [-0.1, -0.05) is 25.1 Å². The molecule has 0 spiro atoms. The van der Waals surface area contributed by atoms with Crippen LogP contribution in [0.4, 0.5) is 4.39 Å². The molecule has 0 radical (unpaired) electrons. The summed E-state index contributed by atoms with van der Waals surface area (Å²) in [5.74, 6) is -0.756. The molecule has 1 aliphatic rings. The van der Waals surface area contributed by atoms with E-state index in [0.717, 1.165) is 12.8 Å². The molecule has 112 valence electrons. The third-order valence-electron chi connectivity index (χ3n) is 3.90. The van der Waals surface area contributed by atoms with Crippen LogP contribution < -0.4 is 0 Å². The van der Waals surface area contributed by atoms with Gasteiger partial charge in [0.25, 0.3) is 0 Å². The Hall–Kier alpha value is -0.980. The van der Waals surface area contributed by atoms with Gasteiger partial charge in [0.05, 0.1) is 18.4 Å². The van der Waals surface area contributed by atoms with Crippen LogP contribution in [-0.2, 0) is 15.8 Å². The Kier molecular flexibility index (Phi) is 4.78. The SMILES string of the molecule is CC1CCCN(S(=O)(=O)Cc2ccccc2F)C1CO. The maximum absolute atomic E-state index is 13.6. The van der Waals surface area contributed by atoms with Gasteiger partial charge in [-0.05, 0) is 24.8 Å². The van der Waals surface area contributed by atoms with Crippen molar-refractivity contribution in [1.29, 1.82) is 0 Å². The molecule has 1 fully saturated rings. The summed E-state index contributed by atoms with van der Waals surface area (Å²) in [7, 11) is -3.62. The van der Waals surface area contributed by atoms with E-state index in [0.29, 0.717) is 6.54 Å². The Balaban J connectivity index is 2.23. The summed E-state index contributed by atoms with van der Waals surface area (Å²) in [4.78, 5) is 0. The van der Waals surface area contributed by atoms with Crippen LogP contribution in [0.2, 0.25) is 0 Å². The third kappa shape index (κ3) is 3.19. The quantitative estimate of drug-likeness (QED) is 0.922. The first-order valence-corrected chi connectivity index (χ1v) is 8.40. The predicted octanol–water partition coefficient (Wildman–Crippen LogP) is 1.75. The molecule has 1 aromatic carbocycles. The first-order valence-electron chi connectivity index (χ1n) is 6.79. The van der Waals surface area contributed by atoms with Gasteiger partial charge in [-0.2, -0.15) is 4.31 Å². The second-order valence-electron chi connectivity index (χ2n) is 5.33. The Morgan fingerprint density at radius 1 is 1.40 bits per heavy atom. The molecule has 0 saturated carbocycles. The minimum absolute atomic E-state index is 0.115. The number of hydrogen-bond donors (Lipinski definition) is 1. The van der Waals surface area contributed by atoms with Gasteiger partial charge in [0.2, 0.25) is 10.0 Å². The van der Waals surface area contributed by atoms with Crippen LogP contribution in [0.5, 0.6) is 0 Å². The van der Waals surface area contributed by atoms with Gasteiger partial charge in [0, 0.05) is 12.1 Å². The highest BCUT2D eigenvalue weighted by atomic mass is 32.2. The van der Waals surface area contributed by atoms with Crippen molar-refractivity contribution < 1.29 is 17.9 Å². The largest absolute Gasteiger partial charge is 0.395 e. The van der Waals surface area contributed by atoms with Crippen LogP contribution >= 0.6 is 0 Å². The Labute approximate surface area is 119 Å². The van der Waals surface area contributed by atoms with Crippen molar-refractivity contribution in [1.82, 2.24) is 4.31 Å². The van der Waals surface area contributed by atoms with Gasteiger partial charge in [-0.3, -0.25) is 0 Å². The molecular formula is C14H20FNO3S. The third-order valence-corrected chi connectivity index (χ3v) is 5.75. The number of sulfonamides is 1. The molecule has 0 aromatic heterocycles. The minimum Gasteiger partial charge on any atom is -0.395 e. The number of aliphatic hydroxyl groups is 1. The summed E-state index contributed by atoms with van der Waals surface area (Å²) in [5, 5.41) is 9.44. The van der Waals surface area contributed by atoms with Crippen LogP contribution in [0.1, 0.15) is 25.3 Å². The lowest BCUT2D eigenvalue weighted by molar-refractivity contribution is 0.113. The fraction of sp³-hybridized carbons (Fsp3) is 0.571. The van der Waals surface area contributed by atoms with Crippen molar-refractivity contribution >= 4 is 10.0 Å². The van der Waals surface area contributed by atoms with Gasteiger partial charge in [0.1, 0.15) is 5.82 Å². The zero-order valence-corrected chi connectivity index (χ0v) is 12.3. The number of benzene rings is 1. The lowest BCUT2D eigenvalue weighted by Gasteiger charge is -2.37. The van der Waals surface area contributed by atoms with Crippen molar-refractivity contribution in [3.8, 4) is 0 Å². The highest BCUT2D eigenvalue weighted by Crippen LogP contribution is 2.27. The Bertz CT molecular complexity index is 561. The average Bonchev–Trinajstić information content (AvgIpc) is 2.41. The van der Waals surface area contributed by atoms with Gasteiger partial charge >= 0.3 is 0 Å². The smallest absolute Gasteiger partial charge is 0.218 e. The Morgan fingerprint density at radius 3 is 2.75 bits per heavy atom. The fourth-order valence-corrected chi connectivity index (χ4v) is 4.61. The number of nitrogens with zero attached hydrogens (tertiary/aromatic N) is 1. The summed E-state index contributed by atoms with van der Waals surface area (Å²) >= 11 is 0. The fourth-order valence-electron chi connectivity index (χ4n) is 2.72. The number of piperidine rings is 1. The highest BCUT2D eigenvalue weighted by Gasteiger charge is 2.36. The van der Waals surface area contributed by atoms with E-state index in [4.69, 9.17) is 0 Å². The molecule has 2 atom stereocenters. The van der Waals surface area contributed by atoms with E-state index in [2.05, 4.69) is 0 Å². The molecule has 0 aliphatic carbocycles. The molecule has 0 amide bonds. The number of halogens is 1. The summed E-state index contributed by atoms with van der Waals surface area (Å²) in [6.07, 6.45) is 1.67. The zero-order chi connectivity index (χ0) is 14.8. The topological polar surface area (TPSA) is 57.6 Å². The summed E-state index contributed by atoms with van der Waals surface area (Å²) < 4.78 is 39.9. The van der Waals surface area contributed by atoms with E-state index >= 15 is 0 Å². The van der Waals surface area contributed by atoms with Gasteiger partial charge in [-0.15, -0.1) is 0 Å². The molecule has 1 saturated heterocycles. The van der Waals surface area contributed by atoms with Crippen molar-refractivity contribution in [3.05, 3.63) is 35.6 Å². The first-order chi connectivity index (χ1) is 9.45. The lowest BCUT2D eigenvalue weighted by atomic mass is 9.93. The standard InChI is InChI=1S/C14H20FNO3S/c1-11-5-4-8-16(14(11)9-17)20(18,19)10-12-6-2-3-7-13(12)15/h2-3,6-7,11,14,17H,4-5,8-10H2,1H3. The number of aliphatic hydroxyl groups excluding tert-OH is 1. The maximum atomic E-state index is 13.6. The molecule has 0 bridgehead atoms. The van der Waals surface area contributed by atoms with E-state index in [1.54, 1.807) is 6.07 Å². The number of hydrogen-bond acceptors (Lipinski definition) is 3. The van der Waals surface area contributed by atoms with Gasteiger partial charge in [0.15, 0.2) is 0 Å².